The van der Waals surface area contributed by atoms with E-state index in [1.165, 1.54) is 101 Å². The van der Waals surface area contributed by atoms with E-state index in [9.17, 15) is 0 Å². The zero-order chi connectivity index (χ0) is 39.1. The van der Waals surface area contributed by atoms with Crippen molar-refractivity contribution in [2.24, 2.45) is 0 Å². The van der Waals surface area contributed by atoms with Gasteiger partial charge in [-0.15, -0.1) is 9.13 Å². The maximum atomic E-state index is 7.30. The number of benzene rings is 6. The minimum Gasteiger partial charge on any atom is -0.404 e. The number of anilines is 3. The minimum atomic E-state index is -0.755. The predicted molar refractivity (Wildman–Crippen MR) is 233 cm³/mol. The molecule has 0 fully saturated rings. The van der Waals surface area contributed by atoms with Gasteiger partial charge in [0.25, 0.3) is 11.5 Å². The van der Waals surface area contributed by atoms with Gasteiger partial charge in [0.05, 0.1) is 23.1 Å². The van der Waals surface area contributed by atoms with E-state index >= 15 is 0 Å². The third-order valence-electron chi connectivity index (χ3n) is 14.7. The van der Waals surface area contributed by atoms with Crippen LogP contribution in [-0.4, -0.2) is 4.57 Å². The van der Waals surface area contributed by atoms with Gasteiger partial charge in [-0.05, 0) is 75.8 Å². The molecule has 0 saturated carbocycles. The molecule has 3 atom stereocenters. The quantitative estimate of drug-likeness (QED) is 0.167. The lowest BCUT2D eigenvalue weighted by molar-refractivity contribution is -0.938. The largest absolute Gasteiger partial charge is 0.404 e. The first-order valence-electron chi connectivity index (χ1n) is 21.0. The summed E-state index contributed by atoms with van der Waals surface area (Å²) in [6.45, 7) is 9.53. The molecule has 14 rings (SSSR count). The Morgan fingerprint density at radius 3 is 1.95 bits per heavy atom. The van der Waals surface area contributed by atoms with Crippen molar-refractivity contribution in [2.75, 3.05) is 4.90 Å². The van der Waals surface area contributed by atoms with Crippen molar-refractivity contribution in [3.05, 3.63) is 202 Å². The van der Waals surface area contributed by atoms with E-state index in [0.29, 0.717) is 0 Å². The molecule has 5 heteroatoms. The zero-order valence-electron chi connectivity index (χ0n) is 33.4. The Labute approximate surface area is 342 Å². The van der Waals surface area contributed by atoms with Crippen molar-refractivity contribution >= 4 is 38.9 Å². The van der Waals surface area contributed by atoms with Crippen LogP contribution in [0.4, 0.5) is 17.1 Å². The van der Waals surface area contributed by atoms with Crippen LogP contribution in [0.1, 0.15) is 84.0 Å². The van der Waals surface area contributed by atoms with Gasteiger partial charge in [0.1, 0.15) is 16.6 Å². The molecule has 9 aromatic rings. The third-order valence-corrected chi connectivity index (χ3v) is 14.7. The Hall–Kier alpha value is -6.98. The van der Waals surface area contributed by atoms with Crippen LogP contribution >= 0.6 is 0 Å². The summed E-state index contributed by atoms with van der Waals surface area (Å²) in [7, 11) is 0. The number of fused-ring (bicyclic) bond motifs is 8. The Kier molecular flexibility index (Phi) is 5.73. The molecule has 8 heterocycles. The number of hydrogen-bond acceptors (Lipinski definition) is 2. The summed E-state index contributed by atoms with van der Waals surface area (Å²) in [5.41, 5.74) is 17.9. The molecular formula is C54H40N4O+2. The highest BCUT2D eigenvalue weighted by Crippen LogP contribution is 2.65. The molecule has 0 amide bonds. The number of hydrogen-bond donors (Lipinski definition) is 0. The lowest BCUT2D eigenvalue weighted by atomic mass is 9.68. The lowest BCUT2D eigenvalue weighted by Gasteiger charge is -2.48. The summed E-state index contributed by atoms with van der Waals surface area (Å²) in [4.78, 5) is 2.58. The fourth-order valence-electron chi connectivity index (χ4n) is 11.9. The number of nitrogens with zero attached hydrogens (tertiary/aromatic N) is 4. The highest BCUT2D eigenvalue weighted by molar-refractivity contribution is 6.14. The Morgan fingerprint density at radius 1 is 0.542 bits per heavy atom. The van der Waals surface area contributed by atoms with Crippen molar-refractivity contribution < 1.29 is 13.9 Å². The van der Waals surface area contributed by atoms with Gasteiger partial charge < -0.3 is 9.64 Å². The standard InChI is InChI=1S/C54H40N4O/c1-31(33-16-7-5-8-17-33)35-26-44-45-27-36(32(2)34-18-9-6-10-19-34)29-48-58(45)54-49-43(24-15-25-46(49)59-48)55-42-23-14-12-21-39(42)53(3,4)40-30-38-37-20-11-13-22-41(37)56(47(28-35)57(44)54)51(38)50(54)52(40)55/h5-32H,1-4H3/q+2. The number of pyridine rings is 2. The third kappa shape index (κ3) is 3.58. The van der Waals surface area contributed by atoms with Gasteiger partial charge >= 0.3 is 11.5 Å². The zero-order valence-corrected chi connectivity index (χ0v) is 33.4. The number of aromatic nitrogens is 3. The van der Waals surface area contributed by atoms with Crippen LogP contribution in [0.5, 0.6) is 11.6 Å². The normalized spacial score (nSPS) is 18.3. The summed E-state index contributed by atoms with van der Waals surface area (Å²) in [5.74, 6) is 3.28. The van der Waals surface area contributed by atoms with Crippen LogP contribution in [0.15, 0.2) is 158 Å². The van der Waals surface area contributed by atoms with Gasteiger partial charge in [-0.2, -0.15) is 4.57 Å². The second-order valence-electron chi connectivity index (χ2n) is 17.8. The maximum Gasteiger partial charge on any atom is 0.378 e. The molecule has 6 aromatic carbocycles. The second-order valence-corrected chi connectivity index (χ2v) is 17.8. The van der Waals surface area contributed by atoms with Gasteiger partial charge in [-0.1, -0.05) is 125 Å². The molecule has 5 nitrogen and oxygen atoms in total. The molecule has 3 aromatic heterocycles. The van der Waals surface area contributed by atoms with E-state index in [1.807, 2.05) is 0 Å². The highest BCUT2D eigenvalue weighted by atomic mass is 16.5. The summed E-state index contributed by atoms with van der Waals surface area (Å²) in [6.07, 6.45) is 0. The second kappa shape index (κ2) is 10.5. The van der Waals surface area contributed by atoms with Gasteiger partial charge in [0.2, 0.25) is 5.69 Å². The van der Waals surface area contributed by atoms with Gasteiger partial charge in [0, 0.05) is 40.2 Å². The van der Waals surface area contributed by atoms with Crippen LogP contribution in [0.2, 0.25) is 0 Å². The van der Waals surface area contributed by atoms with E-state index in [4.69, 9.17) is 4.74 Å². The van der Waals surface area contributed by atoms with E-state index in [0.717, 1.165) is 11.6 Å². The smallest absolute Gasteiger partial charge is 0.378 e. The van der Waals surface area contributed by atoms with Gasteiger partial charge in [-0.3, -0.25) is 0 Å². The van der Waals surface area contributed by atoms with Crippen molar-refractivity contribution in [3.8, 4) is 28.8 Å². The summed E-state index contributed by atoms with van der Waals surface area (Å²) in [6, 6.07) is 59.0. The number of rotatable bonds is 4. The summed E-state index contributed by atoms with van der Waals surface area (Å²) >= 11 is 0. The molecular weight excluding hydrogens is 721 g/mol. The van der Waals surface area contributed by atoms with Crippen LogP contribution in [0.3, 0.4) is 0 Å². The molecule has 0 saturated heterocycles. The fourth-order valence-corrected chi connectivity index (χ4v) is 11.9. The lowest BCUT2D eigenvalue weighted by Crippen LogP contribution is -2.75. The van der Waals surface area contributed by atoms with Crippen LogP contribution < -0.4 is 18.8 Å². The SMILES string of the molecule is CC(c1ccccc1)c1cc2[n+]3c(c1)-c1cc(C(C)c4ccccc4)cc4[n+]1C31c3c(cccc3N3c5ccccc5C(C)(C)c5cc6c7ccccc7n-4c6c1c53)O2. The van der Waals surface area contributed by atoms with Crippen LogP contribution in [0.25, 0.3) is 39.0 Å². The minimum absolute atomic E-state index is 0.156. The maximum absolute atomic E-state index is 7.30. The molecule has 0 radical (unpaired) electrons. The van der Waals surface area contributed by atoms with Crippen molar-refractivity contribution in [1.82, 2.24) is 4.57 Å². The van der Waals surface area contributed by atoms with E-state index in [1.54, 1.807) is 0 Å². The molecule has 0 N–H and O–H groups in total. The molecule has 1 spiro atoms. The van der Waals surface area contributed by atoms with Crippen molar-refractivity contribution in [3.63, 3.8) is 0 Å². The first kappa shape index (κ1) is 32.0. The average Bonchev–Trinajstić information content (AvgIpc) is 3.77. The van der Waals surface area contributed by atoms with Crippen molar-refractivity contribution in [1.29, 1.82) is 0 Å². The van der Waals surface area contributed by atoms with Crippen molar-refractivity contribution in [2.45, 2.75) is 50.6 Å². The Bertz CT molecular complexity index is 3380. The van der Waals surface area contributed by atoms with Gasteiger partial charge in [0.15, 0.2) is 11.3 Å². The van der Waals surface area contributed by atoms with E-state index in [2.05, 4.69) is 204 Å². The van der Waals surface area contributed by atoms with E-state index < -0.39 is 5.66 Å². The summed E-state index contributed by atoms with van der Waals surface area (Å²) in [5, 5.41) is 2.57. The average molecular weight is 761 g/mol. The highest BCUT2D eigenvalue weighted by Gasteiger charge is 2.73. The molecule has 280 valence electrons. The number of ether oxygens (including phenoxy) is 1. The summed E-state index contributed by atoms with van der Waals surface area (Å²) < 4.78 is 15.2. The Balaban J connectivity index is 1.22. The monoisotopic (exact) mass is 760 g/mol. The van der Waals surface area contributed by atoms with E-state index in [-0.39, 0.29) is 17.3 Å². The Morgan fingerprint density at radius 2 is 1.19 bits per heavy atom. The molecule has 0 aliphatic carbocycles. The first-order valence-corrected chi connectivity index (χ1v) is 21.0. The molecule has 3 unspecified atom stereocenters. The van der Waals surface area contributed by atoms with Crippen LogP contribution in [-0.2, 0) is 11.1 Å². The van der Waals surface area contributed by atoms with Crippen LogP contribution in [0, 0.1) is 0 Å². The number of para-hydroxylation sites is 2. The first-order chi connectivity index (χ1) is 28.9. The molecule has 59 heavy (non-hydrogen) atoms. The topological polar surface area (TPSA) is 25.2 Å². The molecule has 0 bridgehead atoms. The predicted octanol–water partition coefficient (Wildman–Crippen LogP) is 11.8. The van der Waals surface area contributed by atoms with Gasteiger partial charge in [-0.25, -0.2) is 0 Å². The fraction of sp³-hybridized carbons (Fsp3) is 0.148. The molecule has 5 aliphatic rings. The molecule has 5 aliphatic heterocycles.